The first kappa shape index (κ1) is 22.2. The number of hydrogen-bond acceptors (Lipinski definition) is 4. The van der Waals surface area contributed by atoms with Crippen molar-refractivity contribution in [2.24, 2.45) is 0 Å². The lowest BCUT2D eigenvalue weighted by molar-refractivity contribution is -0.139. The highest BCUT2D eigenvalue weighted by Gasteiger charge is 2.36. The minimum Gasteiger partial charge on any atom is -0.490 e. The third-order valence-electron chi connectivity index (χ3n) is 4.79. The lowest BCUT2D eigenvalue weighted by Gasteiger charge is -2.25. The van der Waals surface area contributed by atoms with Gasteiger partial charge in [0.15, 0.2) is 0 Å². The third kappa shape index (κ3) is 5.23. The average molecular weight is 463 g/mol. The molecule has 0 bridgehead atoms. The lowest BCUT2D eigenvalue weighted by Crippen LogP contribution is -2.27. The van der Waals surface area contributed by atoms with Gasteiger partial charge in [-0.25, -0.2) is 12.7 Å². The number of nitrogens with zero attached hydrogens (tertiary/aromatic N) is 1. The number of rotatable bonds is 8. The molecule has 3 aromatic rings. The van der Waals surface area contributed by atoms with Crippen LogP contribution >= 0.6 is 0 Å². The number of epoxide rings is 1. The molecule has 0 amide bonds. The first-order valence-electron chi connectivity index (χ1n) is 9.82. The van der Waals surface area contributed by atoms with Gasteiger partial charge < -0.3 is 9.47 Å². The SMILES string of the molecule is O=S(=O)(Cc1ccc(C(F)(F)F)c(OCC2CO2)c1)N(c1ccccc1)c1ccccc1. The maximum atomic E-state index is 13.4. The summed E-state index contributed by atoms with van der Waals surface area (Å²) in [6.45, 7) is 0.401. The molecule has 0 spiro atoms. The van der Waals surface area contributed by atoms with Crippen LogP contribution in [0.2, 0.25) is 0 Å². The quantitative estimate of drug-likeness (QED) is 0.434. The Morgan fingerprint density at radius 3 is 2.00 bits per heavy atom. The fraction of sp³-hybridized carbons (Fsp3) is 0.217. The third-order valence-corrected chi connectivity index (χ3v) is 6.46. The fourth-order valence-electron chi connectivity index (χ4n) is 3.23. The zero-order valence-corrected chi connectivity index (χ0v) is 17.6. The van der Waals surface area contributed by atoms with Gasteiger partial charge in [0.2, 0.25) is 10.0 Å². The summed E-state index contributed by atoms with van der Waals surface area (Å²) in [6.07, 6.45) is -4.87. The normalized spacial score (nSPS) is 15.9. The molecular formula is C23H20F3NO4S. The van der Waals surface area contributed by atoms with Crippen LogP contribution in [0.15, 0.2) is 78.9 Å². The molecule has 0 radical (unpaired) electrons. The maximum absolute atomic E-state index is 13.4. The summed E-state index contributed by atoms with van der Waals surface area (Å²) in [7, 11) is -3.99. The molecule has 0 saturated carbocycles. The molecule has 1 fully saturated rings. The van der Waals surface area contributed by atoms with Crippen LogP contribution in [0.5, 0.6) is 5.75 Å². The molecule has 9 heteroatoms. The van der Waals surface area contributed by atoms with Gasteiger partial charge in [-0.1, -0.05) is 42.5 Å². The number of halogens is 3. The summed E-state index contributed by atoms with van der Waals surface area (Å²) >= 11 is 0. The predicted molar refractivity (Wildman–Crippen MR) is 114 cm³/mol. The van der Waals surface area contributed by atoms with E-state index in [2.05, 4.69) is 0 Å². The molecule has 168 valence electrons. The molecule has 1 heterocycles. The Bertz CT molecular complexity index is 1130. The van der Waals surface area contributed by atoms with Crippen molar-refractivity contribution in [1.82, 2.24) is 0 Å². The Balaban J connectivity index is 1.68. The molecular weight excluding hydrogens is 443 g/mol. The zero-order valence-electron chi connectivity index (χ0n) is 16.8. The van der Waals surface area contributed by atoms with Crippen LogP contribution in [0.25, 0.3) is 0 Å². The largest absolute Gasteiger partial charge is 0.490 e. The van der Waals surface area contributed by atoms with Gasteiger partial charge in [-0.2, -0.15) is 13.2 Å². The topological polar surface area (TPSA) is 59.1 Å². The molecule has 0 N–H and O–H groups in total. The van der Waals surface area contributed by atoms with E-state index in [0.717, 1.165) is 18.2 Å². The van der Waals surface area contributed by atoms with Gasteiger partial charge in [0.25, 0.3) is 0 Å². The second kappa shape index (κ2) is 8.84. The van der Waals surface area contributed by atoms with E-state index in [1.807, 2.05) is 0 Å². The number of para-hydroxylation sites is 2. The van der Waals surface area contributed by atoms with Gasteiger partial charge in [-0.15, -0.1) is 0 Å². The average Bonchev–Trinajstić information content (AvgIpc) is 3.57. The number of benzene rings is 3. The Labute approximate surface area is 184 Å². The smallest absolute Gasteiger partial charge is 0.419 e. The second-order valence-corrected chi connectivity index (χ2v) is 9.10. The Hall–Kier alpha value is -3.04. The Kier molecular flexibility index (Phi) is 6.12. The van der Waals surface area contributed by atoms with Crippen molar-refractivity contribution in [1.29, 1.82) is 0 Å². The summed E-state index contributed by atoms with van der Waals surface area (Å²) in [5, 5.41) is 0. The van der Waals surface area contributed by atoms with Crippen LogP contribution in [0.4, 0.5) is 24.5 Å². The van der Waals surface area contributed by atoms with Crippen LogP contribution in [0.3, 0.4) is 0 Å². The minimum absolute atomic E-state index is 0.0283. The highest BCUT2D eigenvalue weighted by Crippen LogP contribution is 2.38. The summed E-state index contributed by atoms with van der Waals surface area (Å²) in [5.41, 5.74) is 0.0739. The van der Waals surface area contributed by atoms with Crippen molar-refractivity contribution >= 4 is 21.4 Å². The van der Waals surface area contributed by atoms with Crippen molar-refractivity contribution in [3.8, 4) is 5.75 Å². The Morgan fingerprint density at radius 2 is 1.50 bits per heavy atom. The van der Waals surface area contributed by atoms with Gasteiger partial charge in [-0.3, -0.25) is 0 Å². The summed E-state index contributed by atoms with van der Waals surface area (Å²) in [5.74, 6) is -0.919. The molecule has 32 heavy (non-hydrogen) atoms. The number of anilines is 2. The highest BCUT2D eigenvalue weighted by molar-refractivity contribution is 7.92. The molecule has 0 aliphatic carbocycles. The van der Waals surface area contributed by atoms with Crippen LogP contribution in [0.1, 0.15) is 11.1 Å². The van der Waals surface area contributed by atoms with Crippen molar-refractivity contribution in [2.75, 3.05) is 17.5 Å². The van der Waals surface area contributed by atoms with E-state index in [9.17, 15) is 21.6 Å². The molecule has 1 aliphatic rings. The van der Waals surface area contributed by atoms with E-state index < -0.39 is 33.3 Å². The molecule has 4 rings (SSSR count). The van der Waals surface area contributed by atoms with Gasteiger partial charge >= 0.3 is 6.18 Å². The number of sulfonamides is 1. The standard InChI is InChI=1S/C23H20F3NO4S/c24-23(25,26)21-12-11-17(13-22(21)31-15-20-14-30-20)16-32(28,29)27(18-7-3-1-4-8-18)19-9-5-2-6-10-19/h1-13,20H,14-16H2. The van der Waals surface area contributed by atoms with Crippen molar-refractivity contribution in [3.05, 3.63) is 90.0 Å². The van der Waals surface area contributed by atoms with Gasteiger partial charge in [0.05, 0.1) is 29.3 Å². The van der Waals surface area contributed by atoms with E-state index in [0.29, 0.717) is 18.0 Å². The summed E-state index contributed by atoms with van der Waals surface area (Å²) in [4.78, 5) is 0. The fourth-order valence-corrected chi connectivity index (χ4v) is 4.85. The molecule has 1 aliphatic heterocycles. The monoisotopic (exact) mass is 463 g/mol. The summed E-state index contributed by atoms with van der Waals surface area (Å²) in [6, 6.07) is 20.1. The minimum atomic E-state index is -4.63. The summed E-state index contributed by atoms with van der Waals surface area (Å²) < 4.78 is 78.5. The van der Waals surface area contributed by atoms with Crippen LogP contribution in [0, 0.1) is 0 Å². The van der Waals surface area contributed by atoms with E-state index in [1.165, 1.54) is 4.31 Å². The number of ether oxygens (including phenoxy) is 2. The van der Waals surface area contributed by atoms with Gasteiger partial charge in [0.1, 0.15) is 18.5 Å². The molecule has 1 atom stereocenters. The van der Waals surface area contributed by atoms with E-state index in [1.54, 1.807) is 60.7 Å². The second-order valence-electron chi connectivity index (χ2n) is 7.29. The Morgan fingerprint density at radius 1 is 0.938 bits per heavy atom. The molecule has 3 aromatic carbocycles. The maximum Gasteiger partial charge on any atom is 0.419 e. The van der Waals surface area contributed by atoms with E-state index in [-0.39, 0.29) is 18.3 Å². The molecule has 1 saturated heterocycles. The number of hydrogen-bond donors (Lipinski definition) is 0. The van der Waals surface area contributed by atoms with Gasteiger partial charge in [0, 0.05) is 0 Å². The van der Waals surface area contributed by atoms with Crippen molar-refractivity contribution in [3.63, 3.8) is 0 Å². The molecule has 5 nitrogen and oxygen atoms in total. The molecule has 0 aromatic heterocycles. The first-order chi connectivity index (χ1) is 15.2. The zero-order chi connectivity index (χ0) is 22.8. The van der Waals surface area contributed by atoms with E-state index >= 15 is 0 Å². The van der Waals surface area contributed by atoms with Crippen LogP contribution in [-0.4, -0.2) is 27.7 Å². The first-order valence-corrected chi connectivity index (χ1v) is 11.4. The van der Waals surface area contributed by atoms with E-state index in [4.69, 9.17) is 9.47 Å². The molecule has 1 unspecified atom stereocenters. The van der Waals surface area contributed by atoms with Crippen LogP contribution in [-0.2, 0) is 26.7 Å². The van der Waals surface area contributed by atoms with Crippen molar-refractivity contribution < 1.29 is 31.1 Å². The van der Waals surface area contributed by atoms with Crippen molar-refractivity contribution in [2.45, 2.75) is 18.0 Å². The lowest BCUT2D eigenvalue weighted by atomic mass is 10.1. The van der Waals surface area contributed by atoms with Gasteiger partial charge in [-0.05, 0) is 42.0 Å². The highest BCUT2D eigenvalue weighted by atomic mass is 32.2. The predicted octanol–water partition coefficient (Wildman–Crippen LogP) is 5.15. The van der Waals surface area contributed by atoms with Crippen LogP contribution < -0.4 is 9.04 Å². The number of alkyl halides is 3.